The summed E-state index contributed by atoms with van der Waals surface area (Å²) in [7, 11) is 0. The number of anilines is 1. The van der Waals surface area contributed by atoms with Crippen molar-refractivity contribution in [1.29, 1.82) is 0 Å². The van der Waals surface area contributed by atoms with E-state index >= 15 is 0 Å². The van der Waals surface area contributed by atoms with Gasteiger partial charge in [0.1, 0.15) is 5.75 Å². The first kappa shape index (κ1) is 13.7. The Balaban J connectivity index is 2.38. The zero-order valence-electron chi connectivity index (χ0n) is 10.4. The molecule has 2 rings (SSSR count). The fourth-order valence-corrected chi connectivity index (χ4v) is 1.99. The van der Waals surface area contributed by atoms with E-state index in [-0.39, 0.29) is 24.1 Å². The number of hydrogen-bond acceptors (Lipinski definition) is 5. The molecule has 1 aromatic carbocycles. The molecule has 1 atom stereocenters. The van der Waals surface area contributed by atoms with Crippen LogP contribution in [0.5, 0.6) is 5.75 Å². The van der Waals surface area contributed by atoms with Crippen LogP contribution in [0.2, 0.25) is 0 Å². The summed E-state index contributed by atoms with van der Waals surface area (Å²) in [6, 6.07) is 4.27. The molecule has 0 fully saturated rings. The minimum atomic E-state index is -0.487. The van der Waals surface area contributed by atoms with Crippen LogP contribution in [-0.4, -0.2) is 29.7 Å². The maximum Gasteiger partial charge on any atom is 0.271 e. The number of rotatable bonds is 4. The average molecular weight is 282 g/mol. The quantitative estimate of drug-likeness (QED) is 0.520. The summed E-state index contributed by atoms with van der Waals surface area (Å²) in [5.41, 5.74) is 0.402. The molecule has 7 heteroatoms. The van der Waals surface area contributed by atoms with Crippen LogP contribution in [0, 0.1) is 16.0 Å². The lowest BCUT2D eigenvalue weighted by molar-refractivity contribution is -0.384. The van der Waals surface area contributed by atoms with Crippen LogP contribution < -0.4 is 9.64 Å². The Morgan fingerprint density at radius 1 is 1.58 bits per heavy atom. The molecule has 0 radical (unpaired) electrons. The molecule has 1 unspecified atom stereocenters. The minimum Gasteiger partial charge on any atom is -0.482 e. The molecule has 0 spiro atoms. The van der Waals surface area contributed by atoms with E-state index in [0.717, 1.165) is 0 Å². The molecule has 1 aliphatic heterocycles. The van der Waals surface area contributed by atoms with Crippen molar-refractivity contribution < 1.29 is 14.5 Å². The van der Waals surface area contributed by atoms with E-state index in [1.165, 1.54) is 23.1 Å². The second-order valence-electron chi connectivity index (χ2n) is 4.49. The van der Waals surface area contributed by atoms with Crippen LogP contribution in [0.15, 0.2) is 18.2 Å². The van der Waals surface area contributed by atoms with Crippen molar-refractivity contribution in [2.24, 2.45) is 5.92 Å². The lowest BCUT2D eigenvalue weighted by Gasteiger charge is -2.30. The molecule has 102 valence electrons. The van der Waals surface area contributed by atoms with Crippen LogP contribution in [-0.2, 0) is 4.79 Å². The zero-order valence-corrected chi connectivity index (χ0v) is 11.3. The predicted octanol–water partition coefficient (Wildman–Crippen LogP) is 1.89. The number of hydrogen-bond donors (Lipinski definition) is 1. The van der Waals surface area contributed by atoms with E-state index in [4.69, 9.17) is 4.74 Å². The van der Waals surface area contributed by atoms with Gasteiger partial charge in [-0.1, -0.05) is 6.92 Å². The molecule has 0 saturated heterocycles. The molecule has 0 bridgehead atoms. The third-order valence-electron chi connectivity index (χ3n) is 2.90. The second kappa shape index (κ2) is 5.48. The van der Waals surface area contributed by atoms with Gasteiger partial charge >= 0.3 is 0 Å². The van der Waals surface area contributed by atoms with Crippen LogP contribution >= 0.6 is 12.6 Å². The maximum atomic E-state index is 11.9. The van der Waals surface area contributed by atoms with Gasteiger partial charge in [-0.3, -0.25) is 14.9 Å². The SMILES string of the molecule is CC(CS)CN1C(=O)COc2ccc([N+](=O)[O-])cc21. The van der Waals surface area contributed by atoms with Gasteiger partial charge in [-0.05, 0) is 17.7 Å². The molecule has 6 nitrogen and oxygen atoms in total. The van der Waals surface area contributed by atoms with Crippen molar-refractivity contribution in [3.8, 4) is 5.75 Å². The molecule has 0 N–H and O–H groups in total. The Labute approximate surface area is 115 Å². The third kappa shape index (κ3) is 2.81. The molecule has 1 amide bonds. The number of non-ortho nitro benzene ring substituents is 1. The lowest BCUT2D eigenvalue weighted by atomic mass is 10.1. The first-order valence-electron chi connectivity index (χ1n) is 5.85. The first-order valence-corrected chi connectivity index (χ1v) is 6.48. The molecule has 0 saturated carbocycles. The molecule has 1 heterocycles. The van der Waals surface area contributed by atoms with Crippen LogP contribution in [0.4, 0.5) is 11.4 Å². The van der Waals surface area contributed by atoms with E-state index in [9.17, 15) is 14.9 Å². The highest BCUT2D eigenvalue weighted by atomic mass is 32.1. The van der Waals surface area contributed by atoms with E-state index in [1.54, 1.807) is 0 Å². The van der Waals surface area contributed by atoms with Gasteiger partial charge in [0.15, 0.2) is 6.61 Å². The van der Waals surface area contributed by atoms with Crippen LogP contribution in [0.1, 0.15) is 6.92 Å². The largest absolute Gasteiger partial charge is 0.482 e. The minimum absolute atomic E-state index is 0.0376. The Morgan fingerprint density at radius 2 is 2.32 bits per heavy atom. The second-order valence-corrected chi connectivity index (χ2v) is 4.86. The number of carbonyl (C=O) groups excluding carboxylic acids is 1. The Hall–Kier alpha value is -1.76. The molecular weight excluding hydrogens is 268 g/mol. The number of benzene rings is 1. The average Bonchev–Trinajstić information content (AvgIpc) is 2.41. The molecule has 0 aromatic heterocycles. The van der Waals surface area contributed by atoms with Crippen molar-refractivity contribution in [2.75, 3.05) is 23.8 Å². The number of carbonyl (C=O) groups is 1. The first-order chi connectivity index (χ1) is 9.02. The highest BCUT2D eigenvalue weighted by Crippen LogP contribution is 2.35. The van der Waals surface area contributed by atoms with E-state index in [0.29, 0.717) is 23.7 Å². The number of nitro benzene ring substituents is 1. The molecule has 1 aliphatic rings. The predicted molar refractivity (Wildman–Crippen MR) is 74.0 cm³/mol. The number of nitrogens with zero attached hydrogens (tertiary/aromatic N) is 2. The van der Waals surface area contributed by atoms with E-state index in [2.05, 4.69) is 12.6 Å². The summed E-state index contributed by atoms with van der Waals surface area (Å²) in [5.74, 6) is 1.13. The summed E-state index contributed by atoms with van der Waals surface area (Å²) in [5, 5.41) is 10.8. The third-order valence-corrected chi connectivity index (χ3v) is 3.53. The van der Waals surface area contributed by atoms with Crippen LogP contribution in [0.3, 0.4) is 0 Å². The lowest BCUT2D eigenvalue weighted by Crippen LogP contribution is -2.41. The van der Waals surface area contributed by atoms with Gasteiger partial charge in [-0.2, -0.15) is 12.6 Å². The topological polar surface area (TPSA) is 72.7 Å². The summed E-state index contributed by atoms with van der Waals surface area (Å²) < 4.78 is 5.28. The van der Waals surface area contributed by atoms with Crippen molar-refractivity contribution >= 4 is 29.9 Å². The van der Waals surface area contributed by atoms with Crippen molar-refractivity contribution in [1.82, 2.24) is 0 Å². The fraction of sp³-hybridized carbons (Fsp3) is 0.417. The normalized spacial score (nSPS) is 15.7. The van der Waals surface area contributed by atoms with Crippen molar-refractivity contribution in [3.63, 3.8) is 0 Å². The highest BCUT2D eigenvalue weighted by molar-refractivity contribution is 7.80. The van der Waals surface area contributed by atoms with Gasteiger partial charge in [0.2, 0.25) is 0 Å². The number of fused-ring (bicyclic) bond motifs is 1. The highest BCUT2D eigenvalue weighted by Gasteiger charge is 2.28. The Morgan fingerprint density at radius 3 is 2.95 bits per heavy atom. The van der Waals surface area contributed by atoms with Gasteiger partial charge in [-0.25, -0.2) is 0 Å². The number of nitro groups is 1. The smallest absolute Gasteiger partial charge is 0.271 e. The monoisotopic (exact) mass is 282 g/mol. The van der Waals surface area contributed by atoms with E-state index < -0.39 is 4.92 Å². The Kier molecular flexibility index (Phi) is 3.94. The summed E-state index contributed by atoms with van der Waals surface area (Å²) in [6.07, 6.45) is 0. The summed E-state index contributed by atoms with van der Waals surface area (Å²) in [4.78, 5) is 23.7. The number of amides is 1. The van der Waals surface area contributed by atoms with Crippen molar-refractivity contribution in [3.05, 3.63) is 28.3 Å². The molecule has 19 heavy (non-hydrogen) atoms. The summed E-state index contributed by atoms with van der Waals surface area (Å²) in [6.45, 7) is 2.40. The van der Waals surface area contributed by atoms with Gasteiger partial charge in [0.05, 0.1) is 10.6 Å². The zero-order chi connectivity index (χ0) is 14.0. The standard InChI is InChI=1S/C12H14N2O4S/c1-8(7-19)5-13-10-4-9(14(16)17)2-3-11(10)18-6-12(13)15/h2-4,8,19H,5-7H2,1H3. The molecular formula is C12H14N2O4S. The Bertz CT molecular complexity index is 520. The number of thiol groups is 1. The number of ether oxygens (including phenoxy) is 1. The molecule has 1 aromatic rings. The van der Waals surface area contributed by atoms with Gasteiger partial charge in [-0.15, -0.1) is 0 Å². The van der Waals surface area contributed by atoms with Crippen molar-refractivity contribution in [2.45, 2.75) is 6.92 Å². The van der Waals surface area contributed by atoms with E-state index in [1.807, 2.05) is 6.92 Å². The van der Waals surface area contributed by atoms with Gasteiger partial charge in [0.25, 0.3) is 11.6 Å². The maximum absolute atomic E-state index is 11.9. The van der Waals surface area contributed by atoms with Crippen LogP contribution in [0.25, 0.3) is 0 Å². The van der Waals surface area contributed by atoms with Gasteiger partial charge in [0, 0.05) is 18.7 Å². The fourth-order valence-electron chi connectivity index (χ4n) is 1.87. The van der Waals surface area contributed by atoms with Gasteiger partial charge < -0.3 is 9.64 Å². The summed E-state index contributed by atoms with van der Waals surface area (Å²) >= 11 is 4.19. The molecule has 0 aliphatic carbocycles.